The minimum atomic E-state index is 0.664. The Morgan fingerprint density at radius 2 is 2.35 bits per heavy atom. The van der Waals surface area contributed by atoms with Crippen LogP contribution in [0.25, 0.3) is 0 Å². The van der Waals surface area contributed by atoms with Crippen LogP contribution < -0.4 is 10.6 Å². The molecule has 0 fully saturated rings. The molecule has 1 aromatic heterocycles. The van der Waals surface area contributed by atoms with Gasteiger partial charge in [0.25, 0.3) is 0 Å². The Morgan fingerprint density at radius 1 is 1.53 bits per heavy atom. The third kappa shape index (κ3) is 5.14. The van der Waals surface area contributed by atoms with E-state index >= 15 is 0 Å². The lowest BCUT2D eigenvalue weighted by molar-refractivity contribution is 0.203. The third-order valence-corrected chi connectivity index (χ3v) is 3.20. The number of thiazole rings is 1. The van der Waals surface area contributed by atoms with E-state index in [2.05, 4.69) is 32.9 Å². The summed E-state index contributed by atoms with van der Waals surface area (Å²) in [6.45, 7) is 4.22. The van der Waals surface area contributed by atoms with Crippen molar-refractivity contribution in [1.82, 2.24) is 15.6 Å². The Labute approximate surface area is 106 Å². The molecule has 2 N–H and O–H groups in total. The lowest BCUT2D eigenvalue weighted by Crippen LogP contribution is -2.38. The van der Waals surface area contributed by atoms with Crippen molar-refractivity contribution in [2.45, 2.75) is 19.9 Å². The smallest absolute Gasteiger partial charge is 0.191 e. The van der Waals surface area contributed by atoms with Crippen molar-refractivity contribution in [3.63, 3.8) is 0 Å². The van der Waals surface area contributed by atoms with Gasteiger partial charge in [-0.3, -0.25) is 4.99 Å². The largest absolute Gasteiger partial charge is 0.383 e. The number of hydrogen-bond acceptors (Lipinski definition) is 4. The van der Waals surface area contributed by atoms with Gasteiger partial charge in [-0.1, -0.05) is 6.92 Å². The molecule has 5 nitrogen and oxygen atoms in total. The number of nitrogens with one attached hydrogen (secondary N) is 2. The highest BCUT2D eigenvalue weighted by atomic mass is 32.1. The quantitative estimate of drug-likeness (QED) is 0.453. The average Bonchev–Trinajstić information content (AvgIpc) is 2.81. The number of aliphatic imine (C=N–C) groups is 1. The first-order valence-corrected chi connectivity index (χ1v) is 6.54. The summed E-state index contributed by atoms with van der Waals surface area (Å²) in [6.07, 6.45) is 0.992. The van der Waals surface area contributed by atoms with Gasteiger partial charge in [0.05, 0.1) is 23.9 Å². The maximum absolute atomic E-state index is 4.96. The molecule has 0 amide bonds. The van der Waals surface area contributed by atoms with Crippen molar-refractivity contribution in [3.05, 3.63) is 16.1 Å². The molecule has 0 bridgehead atoms. The van der Waals surface area contributed by atoms with Crippen LogP contribution in [0.5, 0.6) is 0 Å². The zero-order valence-corrected chi connectivity index (χ0v) is 11.4. The van der Waals surface area contributed by atoms with Crippen LogP contribution in [0.2, 0.25) is 0 Å². The van der Waals surface area contributed by atoms with Crippen LogP contribution in [-0.4, -0.2) is 38.3 Å². The molecule has 1 rings (SSSR count). The van der Waals surface area contributed by atoms with Gasteiger partial charge in [-0.25, -0.2) is 4.98 Å². The molecule has 0 spiro atoms. The first-order valence-electron chi connectivity index (χ1n) is 5.66. The third-order valence-electron chi connectivity index (χ3n) is 2.16. The SMILES string of the molecule is CCc1nc(CNC(=NC)NCCOC)cs1. The molecule has 0 aliphatic heterocycles. The fraction of sp³-hybridized carbons (Fsp3) is 0.636. The molecule has 0 saturated carbocycles. The number of methoxy groups -OCH3 is 1. The van der Waals surface area contributed by atoms with E-state index in [9.17, 15) is 0 Å². The summed E-state index contributed by atoms with van der Waals surface area (Å²) in [4.78, 5) is 8.60. The minimum Gasteiger partial charge on any atom is -0.383 e. The van der Waals surface area contributed by atoms with Gasteiger partial charge in [0.2, 0.25) is 0 Å². The number of ether oxygens (including phenoxy) is 1. The fourth-order valence-electron chi connectivity index (χ4n) is 1.26. The summed E-state index contributed by atoms with van der Waals surface area (Å²) in [5, 5.41) is 9.61. The molecule has 0 aliphatic rings. The van der Waals surface area contributed by atoms with E-state index in [4.69, 9.17) is 4.74 Å². The summed E-state index contributed by atoms with van der Waals surface area (Å²) in [5.41, 5.74) is 1.06. The molecule has 0 aliphatic carbocycles. The standard InChI is InChI=1S/C11H20N4OS/c1-4-10-15-9(8-17-10)7-14-11(12-2)13-5-6-16-3/h8H,4-7H2,1-3H3,(H2,12,13,14). The zero-order chi connectivity index (χ0) is 12.5. The first kappa shape index (κ1) is 13.9. The van der Waals surface area contributed by atoms with E-state index < -0.39 is 0 Å². The Kier molecular flexibility index (Phi) is 6.57. The number of rotatable bonds is 6. The number of nitrogens with zero attached hydrogens (tertiary/aromatic N) is 2. The highest BCUT2D eigenvalue weighted by Crippen LogP contribution is 2.09. The number of aromatic nitrogens is 1. The highest BCUT2D eigenvalue weighted by molar-refractivity contribution is 7.09. The summed E-state index contributed by atoms with van der Waals surface area (Å²) in [6, 6.07) is 0. The predicted molar refractivity (Wildman–Crippen MR) is 71.6 cm³/mol. The van der Waals surface area contributed by atoms with Crippen LogP contribution >= 0.6 is 11.3 Å². The molecule has 1 heterocycles. The summed E-state index contributed by atoms with van der Waals surface area (Å²) < 4.78 is 4.96. The molecule has 0 unspecified atom stereocenters. The van der Waals surface area contributed by atoms with Crippen LogP contribution in [0.3, 0.4) is 0 Å². The van der Waals surface area contributed by atoms with Crippen LogP contribution in [-0.2, 0) is 17.7 Å². The Morgan fingerprint density at radius 3 is 2.94 bits per heavy atom. The van der Waals surface area contributed by atoms with E-state index in [1.807, 2.05) is 0 Å². The van der Waals surface area contributed by atoms with Gasteiger partial charge in [0, 0.05) is 26.1 Å². The maximum Gasteiger partial charge on any atom is 0.191 e. The fourth-order valence-corrected chi connectivity index (χ4v) is 2.00. The molecule has 6 heteroatoms. The monoisotopic (exact) mass is 256 g/mol. The zero-order valence-electron chi connectivity index (χ0n) is 10.6. The summed E-state index contributed by atoms with van der Waals surface area (Å²) in [5.74, 6) is 0.771. The van der Waals surface area contributed by atoms with Crippen LogP contribution in [0, 0.1) is 0 Å². The van der Waals surface area contributed by atoms with Gasteiger partial charge in [-0.15, -0.1) is 11.3 Å². The van der Waals surface area contributed by atoms with Crippen molar-refractivity contribution < 1.29 is 4.74 Å². The molecular formula is C11H20N4OS. The maximum atomic E-state index is 4.96. The second-order valence-electron chi connectivity index (χ2n) is 3.43. The molecule has 0 radical (unpaired) electrons. The highest BCUT2D eigenvalue weighted by Gasteiger charge is 2.01. The second kappa shape index (κ2) is 8.03. The Hall–Kier alpha value is -1.14. The number of hydrogen-bond donors (Lipinski definition) is 2. The molecule has 0 atom stereocenters. The van der Waals surface area contributed by atoms with Crippen LogP contribution in [0.15, 0.2) is 10.4 Å². The lowest BCUT2D eigenvalue weighted by Gasteiger charge is -2.10. The van der Waals surface area contributed by atoms with Crippen LogP contribution in [0.4, 0.5) is 0 Å². The minimum absolute atomic E-state index is 0.664. The van der Waals surface area contributed by atoms with Crippen molar-refractivity contribution in [2.75, 3.05) is 27.3 Å². The van der Waals surface area contributed by atoms with E-state index in [1.54, 1.807) is 25.5 Å². The van der Waals surface area contributed by atoms with E-state index in [0.717, 1.165) is 24.6 Å². The second-order valence-corrected chi connectivity index (χ2v) is 4.37. The van der Waals surface area contributed by atoms with Crippen molar-refractivity contribution in [1.29, 1.82) is 0 Å². The lowest BCUT2D eigenvalue weighted by atomic mass is 10.4. The Bertz CT molecular complexity index is 351. The first-order chi connectivity index (χ1) is 8.30. The molecule has 1 aromatic rings. The topological polar surface area (TPSA) is 58.5 Å². The van der Waals surface area contributed by atoms with Gasteiger partial charge in [0.15, 0.2) is 5.96 Å². The van der Waals surface area contributed by atoms with Gasteiger partial charge < -0.3 is 15.4 Å². The van der Waals surface area contributed by atoms with Crippen molar-refractivity contribution in [2.24, 2.45) is 4.99 Å². The molecule has 17 heavy (non-hydrogen) atoms. The predicted octanol–water partition coefficient (Wildman–Crippen LogP) is 1.02. The number of aryl methyl sites for hydroxylation is 1. The van der Waals surface area contributed by atoms with Gasteiger partial charge in [-0.2, -0.15) is 0 Å². The Balaban J connectivity index is 2.32. The molecular weight excluding hydrogens is 236 g/mol. The van der Waals surface area contributed by atoms with E-state index in [0.29, 0.717) is 13.2 Å². The molecule has 0 saturated heterocycles. The van der Waals surface area contributed by atoms with Crippen molar-refractivity contribution in [3.8, 4) is 0 Å². The van der Waals surface area contributed by atoms with E-state index in [1.165, 1.54) is 5.01 Å². The molecule has 96 valence electrons. The average molecular weight is 256 g/mol. The van der Waals surface area contributed by atoms with Gasteiger partial charge in [-0.05, 0) is 6.42 Å². The van der Waals surface area contributed by atoms with Crippen LogP contribution in [0.1, 0.15) is 17.6 Å². The van der Waals surface area contributed by atoms with Crippen molar-refractivity contribution >= 4 is 17.3 Å². The summed E-state index contributed by atoms with van der Waals surface area (Å²) in [7, 11) is 3.43. The van der Waals surface area contributed by atoms with Gasteiger partial charge in [0.1, 0.15) is 0 Å². The molecule has 0 aromatic carbocycles. The normalized spacial score (nSPS) is 11.6. The van der Waals surface area contributed by atoms with E-state index in [-0.39, 0.29) is 0 Å². The number of guanidine groups is 1. The summed E-state index contributed by atoms with van der Waals surface area (Å²) >= 11 is 1.70. The van der Waals surface area contributed by atoms with Gasteiger partial charge >= 0.3 is 0 Å².